The number of hydrogen-bond acceptors (Lipinski definition) is 5. The third-order valence-corrected chi connectivity index (χ3v) is 4.33. The number of thioether (sulfide) groups is 1. The van der Waals surface area contributed by atoms with E-state index in [-0.39, 0.29) is 23.2 Å². The normalized spacial score (nSPS) is 15.8. The van der Waals surface area contributed by atoms with E-state index >= 15 is 0 Å². The number of alkyl halides is 3. The molecular formula is C15H18F3N3O3S. The average Bonchev–Trinajstić information content (AvgIpc) is 2.54. The number of nitrogens with one attached hydrogen (secondary N) is 1. The number of amides is 2. The maximum absolute atomic E-state index is 12.6. The predicted octanol–water partition coefficient (Wildman–Crippen LogP) is 3.04. The van der Waals surface area contributed by atoms with Gasteiger partial charge in [0.25, 0.3) is 5.91 Å². The van der Waals surface area contributed by atoms with Crippen molar-refractivity contribution < 1.29 is 27.5 Å². The summed E-state index contributed by atoms with van der Waals surface area (Å²) >= 11 is -0.414. The minimum Gasteiger partial charge on any atom is -0.450 e. The molecule has 1 aromatic heterocycles. The first kappa shape index (κ1) is 19.4. The number of pyridine rings is 1. The van der Waals surface area contributed by atoms with Gasteiger partial charge in [-0.15, -0.1) is 0 Å². The van der Waals surface area contributed by atoms with Crippen LogP contribution in [0, 0.1) is 0 Å². The lowest BCUT2D eigenvalue weighted by Gasteiger charge is -2.31. The summed E-state index contributed by atoms with van der Waals surface area (Å²) in [6.45, 7) is 2.84. The van der Waals surface area contributed by atoms with Crippen molar-refractivity contribution in [3.63, 3.8) is 0 Å². The second kappa shape index (κ2) is 8.41. The molecule has 0 unspecified atom stereocenters. The number of carbonyl (C=O) groups excluding carboxylic acids is 2. The van der Waals surface area contributed by atoms with Crippen LogP contribution in [0.4, 0.5) is 18.0 Å². The Morgan fingerprint density at radius 3 is 2.68 bits per heavy atom. The molecule has 1 fully saturated rings. The number of aromatic nitrogens is 1. The standard InChI is InChI=1S/C15H18F3N3O3S/c1-2-24-14(23)21-8-5-10(6-9-21)20-12(22)11-4-3-7-19-13(11)25-15(16,17)18/h3-4,7,10H,2,5-6,8-9H2,1H3,(H,20,22). The smallest absolute Gasteiger partial charge is 0.447 e. The van der Waals surface area contributed by atoms with Gasteiger partial charge < -0.3 is 15.0 Å². The van der Waals surface area contributed by atoms with Crippen LogP contribution in [-0.2, 0) is 4.74 Å². The van der Waals surface area contributed by atoms with Crippen LogP contribution in [0.25, 0.3) is 0 Å². The van der Waals surface area contributed by atoms with Crippen molar-refractivity contribution in [2.75, 3.05) is 19.7 Å². The Bertz CT molecular complexity index is 620. The topological polar surface area (TPSA) is 71.5 Å². The molecule has 1 aliphatic heterocycles. The highest BCUT2D eigenvalue weighted by atomic mass is 32.2. The van der Waals surface area contributed by atoms with Crippen molar-refractivity contribution in [1.29, 1.82) is 0 Å². The Morgan fingerprint density at radius 1 is 1.40 bits per heavy atom. The summed E-state index contributed by atoms with van der Waals surface area (Å²) in [7, 11) is 0. The fourth-order valence-corrected chi connectivity index (χ4v) is 3.04. The van der Waals surface area contributed by atoms with E-state index < -0.39 is 29.3 Å². The lowest BCUT2D eigenvalue weighted by Crippen LogP contribution is -2.46. The van der Waals surface area contributed by atoms with Crippen LogP contribution in [0.3, 0.4) is 0 Å². The van der Waals surface area contributed by atoms with E-state index in [0.717, 1.165) is 0 Å². The van der Waals surface area contributed by atoms with Gasteiger partial charge in [0.1, 0.15) is 5.03 Å². The zero-order valence-electron chi connectivity index (χ0n) is 13.5. The molecule has 1 aromatic rings. The highest BCUT2D eigenvalue weighted by Gasteiger charge is 2.33. The molecule has 2 amide bonds. The molecule has 10 heteroatoms. The summed E-state index contributed by atoms with van der Waals surface area (Å²) in [5, 5.41) is 2.34. The molecule has 0 atom stereocenters. The monoisotopic (exact) mass is 377 g/mol. The summed E-state index contributed by atoms with van der Waals surface area (Å²) in [4.78, 5) is 29.1. The van der Waals surface area contributed by atoms with Crippen molar-refractivity contribution in [3.05, 3.63) is 23.9 Å². The summed E-state index contributed by atoms with van der Waals surface area (Å²) in [5.74, 6) is -0.602. The van der Waals surface area contributed by atoms with Crippen molar-refractivity contribution in [1.82, 2.24) is 15.2 Å². The Hall–Kier alpha value is -1.97. The number of rotatable bonds is 4. The molecule has 1 saturated heterocycles. The van der Waals surface area contributed by atoms with Gasteiger partial charge in [-0.25, -0.2) is 9.78 Å². The number of likely N-dealkylation sites (tertiary alicyclic amines) is 1. The summed E-state index contributed by atoms with van der Waals surface area (Å²) in [6.07, 6.45) is 1.82. The second-order valence-corrected chi connectivity index (χ2v) is 6.39. The molecule has 0 spiro atoms. The number of ether oxygens (including phenoxy) is 1. The van der Waals surface area contributed by atoms with Gasteiger partial charge in [0.2, 0.25) is 0 Å². The fraction of sp³-hybridized carbons (Fsp3) is 0.533. The molecule has 0 aliphatic carbocycles. The Balaban J connectivity index is 1.94. The maximum atomic E-state index is 12.6. The van der Waals surface area contributed by atoms with Crippen LogP contribution in [0.15, 0.2) is 23.4 Å². The molecule has 6 nitrogen and oxygen atoms in total. The van der Waals surface area contributed by atoms with E-state index in [2.05, 4.69) is 10.3 Å². The number of nitrogens with zero attached hydrogens (tertiary/aromatic N) is 2. The largest absolute Gasteiger partial charge is 0.450 e. The van der Waals surface area contributed by atoms with E-state index in [0.29, 0.717) is 25.9 Å². The molecule has 2 heterocycles. The van der Waals surface area contributed by atoms with Crippen LogP contribution in [-0.4, -0.2) is 53.1 Å². The molecule has 0 aromatic carbocycles. The van der Waals surface area contributed by atoms with Gasteiger partial charge in [-0.1, -0.05) is 0 Å². The third kappa shape index (κ3) is 5.80. The highest BCUT2D eigenvalue weighted by molar-refractivity contribution is 8.00. The Kier molecular flexibility index (Phi) is 6.51. The lowest BCUT2D eigenvalue weighted by molar-refractivity contribution is -0.0329. The third-order valence-electron chi connectivity index (χ3n) is 3.58. The van der Waals surface area contributed by atoms with E-state index in [1.807, 2.05) is 0 Å². The summed E-state index contributed by atoms with van der Waals surface area (Å²) in [5.41, 5.74) is -4.63. The first-order valence-electron chi connectivity index (χ1n) is 7.73. The Morgan fingerprint density at radius 2 is 2.08 bits per heavy atom. The minimum absolute atomic E-state index is 0.113. The van der Waals surface area contributed by atoms with Gasteiger partial charge in [0, 0.05) is 37.1 Å². The quantitative estimate of drug-likeness (QED) is 0.817. The first-order valence-corrected chi connectivity index (χ1v) is 8.55. The highest BCUT2D eigenvalue weighted by Crippen LogP contribution is 2.37. The number of piperidine rings is 1. The number of halogens is 3. The number of hydrogen-bond donors (Lipinski definition) is 1. The van der Waals surface area contributed by atoms with Gasteiger partial charge in [-0.05, 0) is 31.9 Å². The fourth-order valence-electron chi connectivity index (χ4n) is 2.44. The molecule has 0 bridgehead atoms. The summed E-state index contributed by atoms with van der Waals surface area (Å²) < 4.78 is 42.6. The molecule has 0 saturated carbocycles. The van der Waals surface area contributed by atoms with Crippen LogP contribution in [0.2, 0.25) is 0 Å². The zero-order valence-corrected chi connectivity index (χ0v) is 14.3. The van der Waals surface area contributed by atoms with Gasteiger partial charge in [-0.2, -0.15) is 13.2 Å². The van der Waals surface area contributed by atoms with Crippen LogP contribution >= 0.6 is 11.8 Å². The summed E-state index contributed by atoms with van der Waals surface area (Å²) in [6, 6.07) is 2.50. The van der Waals surface area contributed by atoms with E-state index in [1.54, 1.807) is 11.8 Å². The molecule has 1 aliphatic rings. The van der Waals surface area contributed by atoms with Crippen molar-refractivity contribution in [2.24, 2.45) is 0 Å². The van der Waals surface area contributed by atoms with Crippen molar-refractivity contribution in [3.8, 4) is 0 Å². The molecule has 2 rings (SSSR count). The van der Waals surface area contributed by atoms with E-state index in [4.69, 9.17) is 4.74 Å². The van der Waals surface area contributed by atoms with Crippen molar-refractivity contribution >= 4 is 23.8 Å². The molecule has 0 radical (unpaired) electrons. The Labute approximate surface area is 147 Å². The molecular weight excluding hydrogens is 359 g/mol. The van der Waals surface area contributed by atoms with E-state index in [9.17, 15) is 22.8 Å². The molecule has 138 valence electrons. The SMILES string of the molecule is CCOC(=O)N1CCC(NC(=O)c2cccnc2SC(F)(F)F)CC1. The van der Waals surface area contributed by atoms with E-state index in [1.165, 1.54) is 18.3 Å². The molecule has 25 heavy (non-hydrogen) atoms. The van der Waals surface area contributed by atoms with Crippen LogP contribution in [0.5, 0.6) is 0 Å². The van der Waals surface area contributed by atoms with Gasteiger partial charge in [0.05, 0.1) is 12.2 Å². The zero-order chi connectivity index (χ0) is 18.4. The van der Waals surface area contributed by atoms with Crippen molar-refractivity contribution in [2.45, 2.75) is 36.3 Å². The van der Waals surface area contributed by atoms with Gasteiger partial charge in [-0.3, -0.25) is 4.79 Å². The molecule has 1 N–H and O–H groups in total. The number of carbonyl (C=O) groups is 2. The van der Waals surface area contributed by atoms with Gasteiger partial charge in [0.15, 0.2) is 0 Å². The predicted molar refractivity (Wildman–Crippen MR) is 85.2 cm³/mol. The van der Waals surface area contributed by atoms with Gasteiger partial charge >= 0.3 is 11.6 Å². The first-order chi connectivity index (χ1) is 11.8. The van der Waals surface area contributed by atoms with Crippen LogP contribution < -0.4 is 5.32 Å². The average molecular weight is 377 g/mol. The maximum Gasteiger partial charge on any atom is 0.447 e. The van der Waals surface area contributed by atoms with Crippen LogP contribution in [0.1, 0.15) is 30.1 Å². The second-order valence-electron chi connectivity index (χ2n) is 5.34. The lowest BCUT2D eigenvalue weighted by atomic mass is 10.0. The minimum atomic E-state index is -4.52.